The van der Waals surface area contributed by atoms with Crippen molar-refractivity contribution in [3.8, 4) is 0 Å². The highest BCUT2D eigenvalue weighted by molar-refractivity contribution is 5.84. The Morgan fingerprint density at radius 3 is 2.54 bits per heavy atom. The Kier molecular flexibility index (Phi) is 6.85. The third-order valence-corrected chi connectivity index (χ3v) is 4.47. The molecule has 2 N–H and O–H groups in total. The molecule has 0 aromatic heterocycles. The van der Waals surface area contributed by atoms with E-state index in [0.29, 0.717) is 39.1 Å². The van der Waals surface area contributed by atoms with Crippen LogP contribution in [0.15, 0.2) is 0 Å². The van der Waals surface area contributed by atoms with E-state index in [2.05, 4.69) is 10.6 Å². The molecule has 2 saturated heterocycles. The summed E-state index contributed by atoms with van der Waals surface area (Å²) in [7, 11) is 0. The van der Waals surface area contributed by atoms with Crippen LogP contribution in [0.5, 0.6) is 0 Å². The molecule has 0 bridgehead atoms. The molecule has 0 saturated carbocycles. The molecule has 0 aromatic rings. The molecular weight excluding hydrogens is 325 g/mol. The fourth-order valence-electron chi connectivity index (χ4n) is 3.09. The van der Waals surface area contributed by atoms with Gasteiger partial charge >= 0.3 is 6.18 Å². The van der Waals surface area contributed by atoms with Crippen molar-refractivity contribution in [2.45, 2.75) is 37.9 Å². The number of carbonyl (C=O) groups is 2. The average Bonchev–Trinajstić information content (AvgIpc) is 2.72. The molecule has 0 spiro atoms. The fraction of sp³-hybridized carbons (Fsp3) is 0.867. The Hall–Kier alpha value is -1.35. The van der Waals surface area contributed by atoms with E-state index in [4.69, 9.17) is 0 Å². The zero-order valence-electron chi connectivity index (χ0n) is 13.7. The molecule has 138 valence electrons. The van der Waals surface area contributed by atoms with Crippen molar-refractivity contribution in [1.82, 2.24) is 20.4 Å². The maximum absolute atomic E-state index is 13.3. The first-order valence-corrected chi connectivity index (χ1v) is 8.44. The SMILES string of the molecule is O=C(CN1CCCCCC1=O)NCC(N1CCNCC1)C(F)(F)F. The number of nitrogens with one attached hydrogen (secondary N) is 2. The van der Waals surface area contributed by atoms with Crippen LogP contribution in [0.1, 0.15) is 25.7 Å². The van der Waals surface area contributed by atoms with Gasteiger partial charge in [0.2, 0.25) is 11.8 Å². The molecule has 0 aliphatic carbocycles. The van der Waals surface area contributed by atoms with Crippen molar-refractivity contribution in [2.24, 2.45) is 0 Å². The summed E-state index contributed by atoms with van der Waals surface area (Å²) in [5.41, 5.74) is 0. The molecule has 2 amide bonds. The van der Waals surface area contributed by atoms with Crippen molar-refractivity contribution in [2.75, 3.05) is 45.8 Å². The standard InChI is InChI=1S/C15H25F3N4O2/c16-15(17,18)12(21-8-5-19-6-9-21)10-20-13(23)11-22-7-3-1-2-4-14(22)24/h12,19H,1-11H2,(H,20,23). The van der Waals surface area contributed by atoms with E-state index in [1.165, 1.54) is 9.80 Å². The molecule has 24 heavy (non-hydrogen) atoms. The quantitative estimate of drug-likeness (QED) is 0.751. The van der Waals surface area contributed by atoms with Gasteiger partial charge in [-0.05, 0) is 12.8 Å². The van der Waals surface area contributed by atoms with Gasteiger partial charge in [0.15, 0.2) is 0 Å². The van der Waals surface area contributed by atoms with Gasteiger partial charge in [0.25, 0.3) is 0 Å². The summed E-state index contributed by atoms with van der Waals surface area (Å²) in [6, 6.07) is -1.69. The predicted octanol–water partition coefficient (Wildman–Crippen LogP) is 0.341. The van der Waals surface area contributed by atoms with Gasteiger partial charge in [-0.2, -0.15) is 13.2 Å². The number of carbonyl (C=O) groups excluding carboxylic acids is 2. The lowest BCUT2D eigenvalue weighted by Crippen LogP contribution is -2.58. The first-order valence-electron chi connectivity index (χ1n) is 8.44. The van der Waals surface area contributed by atoms with Crippen molar-refractivity contribution in [1.29, 1.82) is 0 Å². The second-order valence-corrected chi connectivity index (χ2v) is 6.27. The van der Waals surface area contributed by atoms with Gasteiger partial charge in [0.05, 0.1) is 6.54 Å². The molecule has 0 aromatic carbocycles. The molecule has 9 heteroatoms. The average molecular weight is 350 g/mol. The number of likely N-dealkylation sites (tertiary alicyclic amines) is 1. The topological polar surface area (TPSA) is 64.7 Å². The first kappa shape index (κ1) is 19.0. The van der Waals surface area contributed by atoms with Crippen LogP contribution in [-0.2, 0) is 9.59 Å². The number of piperazine rings is 1. The Morgan fingerprint density at radius 1 is 1.17 bits per heavy atom. The summed E-state index contributed by atoms with van der Waals surface area (Å²) in [4.78, 5) is 26.6. The second kappa shape index (κ2) is 8.66. The van der Waals surface area contributed by atoms with E-state index >= 15 is 0 Å². The van der Waals surface area contributed by atoms with Gasteiger partial charge in [0.1, 0.15) is 6.04 Å². The van der Waals surface area contributed by atoms with E-state index in [1.54, 1.807) is 0 Å². The molecule has 2 rings (SSSR count). The third-order valence-electron chi connectivity index (χ3n) is 4.47. The lowest BCUT2D eigenvalue weighted by atomic mass is 10.2. The monoisotopic (exact) mass is 350 g/mol. The van der Waals surface area contributed by atoms with Crippen LogP contribution in [0, 0.1) is 0 Å². The summed E-state index contributed by atoms with van der Waals surface area (Å²) < 4.78 is 39.8. The molecule has 2 fully saturated rings. The fourth-order valence-corrected chi connectivity index (χ4v) is 3.09. The molecule has 1 atom stereocenters. The van der Waals surface area contributed by atoms with Crippen LogP contribution in [0.4, 0.5) is 13.2 Å². The van der Waals surface area contributed by atoms with Crippen LogP contribution in [0.2, 0.25) is 0 Å². The van der Waals surface area contributed by atoms with Gasteiger partial charge in [-0.25, -0.2) is 0 Å². The summed E-state index contributed by atoms with van der Waals surface area (Å²) >= 11 is 0. The highest BCUT2D eigenvalue weighted by Gasteiger charge is 2.43. The summed E-state index contributed by atoms with van der Waals surface area (Å²) in [5, 5.41) is 5.37. The number of hydrogen-bond acceptors (Lipinski definition) is 4. The van der Waals surface area contributed by atoms with Crippen LogP contribution < -0.4 is 10.6 Å². The summed E-state index contributed by atoms with van der Waals surface area (Å²) in [6.45, 7) is 1.45. The molecule has 6 nitrogen and oxygen atoms in total. The van der Waals surface area contributed by atoms with Gasteiger partial charge in [-0.3, -0.25) is 14.5 Å². The molecular formula is C15H25F3N4O2. The molecule has 0 radical (unpaired) electrons. The van der Waals surface area contributed by atoms with Crippen molar-refractivity contribution in [3.05, 3.63) is 0 Å². The maximum Gasteiger partial charge on any atom is 0.405 e. The summed E-state index contributed by atoms with van der Waals surface area (Å²) in [5.74, 6) is -0.633. The Balaban J connectivity index is 1.86. The van der Waals surface area contributed by atoms with E-state index in [9.17, 15) is 22.8 Å². The highest BCUT2D eigenvalue weighted by Crippen LogP contribution is 2.24. The largest absolute Gasteiger partial charge is 0.405 e. The first-order chi connectivity index (χ1) is 11.4. The number of amides is 2. The predicted molar refractivity (Wildman–Crippen MR) is 82.3 cm³/mol. The Bertz CT molecular complexity index is 439. The Labute approximate surface area is 139 Å². The van der Waals surface area contributed by atoms with Crippen LogP contribution in [0.3, 0.4) is 0 Å². The van der Waals surface area contributed by atoms with E-state index in [1.807, 2.05) is 0 Å². The lowest BCUT2D eigenvalue weighted by molar-refractivity contribution is -0.184. The van der Waals surface area contributed by atoms with Gasteiger partial charge in [-0.1, -0.05) is 6.42 Å². The molecule has 2 heterocycles. The minimum absolute atomic E-state index is 0.0999. The van der Waals surface area contributed by atoms with Crippen LogP contribution in [0.25, 0.3) is 0 Å². The van der Waals surface area contributed by atoms with E-state index in [0.717, 1.165) is 19.3 Å². The summed E-state index contributed by atoms with van der Waals surface area (Å²) in [6.07, 6.45) is -1.44. The maximum atomic E-state index is 13.3. The normalized spacial score (nSPS) is 22.1. The number of alkyl halides is 3. The lowest BCUT2D eigenvalue weighted by Gasteiger charge is -2.36. The van der Waals surface area contributed by atoms with Crippen LogP contribution in [-0.4, -0.2) is 79.6 Å². The zero-order chi connectivity index (χ0) is 17.6. The van der Waals surface area contributed by atoms with Gasteiger partial charge in [-0.15, -0.1) is 0 Å². The molecule has 1 unspecified atom stereocenters. The number of rotatable bonds is 5. The number of nitrogens with zero attached hydrogens (tertiary/aromatic N) is 2. The highest BCUT2D eigenvalue weighted by atomic mass is 19.4. The van der Waals surface area contributed by atoms with Crippen molar-refractivity contribution >= 4 is 11.8 Å². The second-order valence-electron chi connectivity index (χ2n) is 6.27. The smallest absolute Gasteiger partial charge is 0.353 e. The zero-order valence-corrected chi connectivity index (χ0v) is 13.7. The minimum atomic E-state index is -4.40. The number of hydrogen-bond donors (Lipinski definition) is 2. The van der Waals surface area contributed by atoms with E-state index < -0.39 is 24.7 Å². The third kappa shape index (κ3) is 5.62. The van der Waals surface area contributed by atoms with Crippen molar-refractivity contribution < 1.29 is 22.8 Å². The van der Waals surface area contributed by atoms with Crippen LogP contribution >= 0.6 is 0 Å². The molecule has 2 aliphatic heterocycles. The van der Waals surface area contributed by atoms with Gasteiger partial charge < -0.3 is 15.5 Å². The van der Waals surface area contributed by atoms with E-state index in [-0.39, 0.29) is 12.5 Å². The van der Waals surface area contributed by atoms with Crippen molar-refractivity contribution in [3.63, 3.8) is 0 Å². The molecule has 2 aliphatic rings. The minimum Gasteiger partial charge on any atom is -0.353 e. The Morgan fingerprint density at radius 2 is 1.88 bits per heavy atom. The van der Waals surface area contributed by atoms with Gasteiger partial charge in [0, 0.05) is 45.7 Å². The number of halogens is 3.